The van der Waals surface area contributed by atoms with Crippen LogP contribution in [-0.4, -0.2) is 6.04 Å². The molecule has 1 N–H and O–H groups in total. The Bertz CT molecular complexity index is 407. The number of hydrogen-bond donors (Lipinski definition) is 1. The van der Waals surface area contributed by atoms with E-state index in [1.54, 1.807) is 6.07 Å². The van der Waals surface area contributed by atoms with E-state index in [1.807, 2.05) is 6.07 Å². The molecule has 100 valence electrons. The molecule has 0 spiro atoms. The van der Waals surface area contributed by atoms with Crippen LogP contribution in [0.15, 0.2) is 18.2 Å². The van der Waals surface area contributed by atoms with Crippen LogP contribution in [0.3, 0.4) is 0 Å². The molecule has 1 aromatic carbocycles. The van der Waals surface area contributed by atoms with E-state index < -0.39 is 0 Å². The Morgan fingerprint density at radius 1 is 1.33 bits per heavy atom. The predicted octanol–water partition coefficient (Wildman–Crippen LogP) is 4.39. The second-order valence-corrected chi connectivity index (χ2v) is 5.85. The van der Waals surface area contributed by atoms with E-state index in [0.29, 0.717) is 18.5 Å². The molecule has 0 aromatic heterocycles. The maximum absolute atomic E-state index is 13.3. The Labute approximate surface area is 114 Å². The van der Waals surface area contributed by atoms with E-state index in [0.717, 1.165) is 11.5 Å². The molecule has 1 nitrogen and oxygen atoms in total. The second-order valence-electron chi connectivity index (χ2n) is 5.47. The lowest BCUT2D eigenvalue weighted by atomic mass is 9.78. The summed E-state index contributed by atoms with van der Waals surface area (Å²) < 4.78 is 13.3. The molecule has 1 saturated carbocycles. The monoisotopic (exact) mass is 269 g/mol. The Balaban J connectivity index is 1.97. The van der Waals surface area contributed by atoms with Crippen LogP contribution >= 0.6 is 11.6 Å². The van der Waals surface area contributed by atoms with E-state index in [-0.39, 0.29) is 10.8 Å². The van der Waals surface area contributed by atoms with E-state index in [1.165, 1.54) is 25.3 Å². The zero-order valence-corrected chi connectivity index (χ0v) is 11.8. The second kappa shape index (κ2) is 6.03. The van der Waals surface area contributed by atoms with Crippen molar-refractivity contribution < 1.29 is 4.39 Å². The van der Waals surface area contributed by atoms with Crippen molar-refractivity contribution in [3.8, 4) is 0 Å². The summed E-state index contributed by atoms with van der Waals surface area (Å²) in [5.41, 5.74) is 0.849. The molecule has 3 unspecified atom stereocenters. The van der Waals surface area contributed by atoms with E-state index in [4.69, 9.17) is 11.6 Å². The van der Waals surface area contributed by atoms with Crippen LogP contribution in [0.2, 0.25) is 5.02 Å². The smallest absolute Gasteiger partial charge is 0.142 e. The standard InChI is InChI=1S/C15H21ClFN/c1-10-5-3-8-14(11(10)2)18-9-12-6-4-7-13(17)15(12)16/h4,6-7,10-11,14,18H,3,5,8-9H2,1-2H3. The van der Waals surface area contributed by atoms with Crippen molar-refractivity contribution in [3.05, 3.63) is 34.6 Å². The molecule has 0 bridgehead atoms. The van der Waals surface area contributed by atoms with Gasteiger partial charge in [0.05, 0.1) is 5.02 Å². The zero-order valence-electron chi connectivity index (χ0n) is 11.0. The molecule has 0 amide bonds. The van der Waals surface area contributed by atoms with Crippen LogP contribution in [0, 0.1) is 17.7 Å². The maximum atomic E-state index is 13.3. The van der Waals surface area contributed by atoms with Crippen LogP contribution in [0.5, 0.6) is 0 Å². The average molecular weight is 270 g/mol. The Hall–Kier alpha value is -0.600. The first kappa shape index (κ1) is 13.8. The van der Waals surface area contributed by atoms with Gasteiger partial charge >= 0.3 is 0 Å². The largest absolute Gasteiger partial charge is 0.310 e. The van der Waals surface area contributed by atoms with Crippen molar-refractivity contribution in [1.29, 1.82) is 0 Å². The quantitative estimate of drug-likeness (QED) is 0.858. The molecule has 3 heteroatoms. The summed E-state index contributed by atoms with van der Waals surface area (Å²) in [5.74, 6) is 1.10. The van der Waals surface area contributed by atoms with Gasteiger partial charge in [0.25, 0.3) is 0 Å². The molecule has 18 heavy (non-hydrogen) atoms. The van der Waals surface area contributed by atoms with Gasteiger partial charge in [-0.3, -0.25) is 0 Å². The van der Waals surface area contributed by atoms with E-state index in [2.05, 4.69) is 19.2 Å². The summed E-state index contributed by atoms with van der Waals surface area (Å²) in [6.45, 7) is 5.26. The fourth-order valence-corrected chi connectivity index (χ4v) is 2.99. The van der Waals surface area contributed by atoms with Crippen LogP contribution in [0.4, 0.5) is 4.39 Å². The molecule has 0 aliphatic heterocycles. The van der Waals surface area contributed by atoms with Gasteiger partial charge in [0.2, 0.25) is 0 Å². The van der Waals surface area contributed by atoms with Gasteiger partial charge in [-0.1, -0.05) is 50.4 Å². The fraction of sp³-hybridized carbons (Fsp3) is 0.600. The third-order valence-corrected chi connectivity index (χ3v) is 4.72. The lowest BCUT2D eigenvalue weighted by molar-refractivity contribution is 0.206. The summed E-state index contributed by atoms with van der Waals surface area (Å²) in [4.78, 5) is 0. The molecule has 1 aliphatic carbocycles. The normalized spacial score (nSPS) is 28.3. The van der Waals surface area contributed by atoms with Crippen LogP contribution < -0.4 is 5.32 Å². The van der Waals surface area contributed by atoms with Crippen molar-refractivity contribution in [3.63, 3.8) is 0 Å². The number of benzene rings is 1. The van der Waals surface area contributed by atoms with Gasteiger partial charge in [0.15, 0.2) is 0 Å². The molecule has 2 rings (SSSR count). The summed E-state index contributed by atoms with van der Waals surface area (Å²) in [7, 11) is 0. The van der Waals surface area contributed by atoms with Gasteiger partial charge in [-0.2, -0.15) is 0 Å². The average Bonchev–Trinajstić information content (AvgIpc) is 2.36. The van der Waals surface area contributed by atoms with Crippen molar-refractivity contribution >= 4 is 11.6 Å². The highest BCUT2D eigenvalue weighted by Crippen LogP contribution is 2.30. The Kier molecular flexibility index (Phi) is 4.63. The topological polar surface area (TPSA) is 12.0 Å². The first-order chi connectivity index (χ1) is 8.59. The van der Waals surface area contributed by atoms with Gasteiger partial charge in [-0.15, -0.1) is 0 Å². The van der Waals surface area contributed by atoms with Crippen LogP contribution in [-0.2, 0) is 6.54 Å². The minimum atomic E-state index is -0.332. The SMILES string of the molecule is CC1CCCC(NCc2cccc(F)c2Cl)C1C. The highest BCUT2D eigenvalue weighted by atomic mass is 35.5. The minimum absolute atomic E-state index is 0.251. The van der Waals surface area contributed by atoms with Gasteiger partial charge in [-0.25, -0.2) is 4.39 Å². The molecule has 0 heterocycles. The fourth-order valence-electron chi connectivity index (χ4n) is 2.80. The molecular formula is C15H21ClFN. The number of nitrogens with one attached hydrogen (secondary N) is 1. The minimum Gasteiger partial charge on any atom is -0.310 e. The summed E-state index contributed by atoms with van der Waals surface area (Å²) in [6, 6.07) is 5.52. The lowest BCUT2D eigenvalue weighted by Crippen LogP contribution is -2.40. The molecule has 0 saturated heterocycles. The molecule has 1 fully saturated rings. The number of halogens is 2. The van der Waals surface area contributed by atoms with Crippen LogP contribution in [0.1, 0.15) is 38.7 Å². The summed E-state index contributed by atoms with van der Waals surface area (Å²) in [5, 5.41) is 3.79. The lowest BCUT2D eigenvalue weighted by Gasteiger charge is -2.34. The van der Waals surface area contributed by atoms with Crippen LogP contribution in [0.25, 0.3) is 0 Å². The van der Waals surface area contributed by atoms with Crippen molar-refractivity contribution in [2.75, 3.05) is 0 Å². The first-order valence-electron chi connectivity index (χ1n) is 6.76. The highest BCUT2D eigenvalue weighted by Gasteiger charge is 2.26. The first-order valence-corrected chi connectivity index (χ1v) is 7.13. The predicted molar refractivity (Wildman–Crippen MR) is 74.2 cm³/mol. The van der Waals surface area contributed by atoms with Gasteiger partial charge in [0, 0.05) is 12.6 Å². The molecule has 1 aromatic rings. The third kappa shape index (κ3) is 3.04. The molecule has 3 atom stereocenters. The van der Waals surface area contributed by atoms with Gasteiger partial charge in [-0.05, 0) is 29.9 Å². The van der Waals surface area contributed by atoms with Crippen molar-refractivity contribution in [2.24, 2.45) is 11.8 Å². The molecule has 1 aliphatic rings. The third-order valence-electron chi connectivity index (χ3n) is 4.29. The van der Waals surface area contributed by atoms with Crippen molar-refractivity contribution in [2.45, 2.75) is 45.7 Å². The summed E-state index contributed by atoms with van der Waals surface area (Å²) in [6.07, 6.45) is 3.80. The van der Waals surface area contributed by atoms with Gasteiger partial charge in [0.1, 0.15) is 5.82 Å². The van der Waals surface area contributed by atoms with Gasteiger partial charge < -0.3 is 5.32 Å². The Morgan fingerprint density at radius 3 is 2.89 bits per heavy atom. The summed E-state index contributed by atoms with van der Waals surface area (Å²) >= 11 is 5.96. The van der Waals surface area contributed by atoms with Crippen molar-refractivity contribution in [1.82, 2.24) is 5.32 Å². The number of rotatable bonds is 3. The Morgan fingerprint density at radius 2 is 2.11 bits per heavy atom. The highest BCUT2D eigenvalue weighted by molar-refractivity contribution is 6.31. The zero-order chi connectivity index (χ0) is 13.1. The van der Waals surface area contributed by atoms with E-state index in [9.17, 15) is 4.39 Å². The number of hydrogen-bond acceptors (Lipinski definition) is 1. The molecule has 0 radical (unpaired) electrons. The maximum Gasteiger partial charge on any atom is 0.142 e. The molecular weight excluding hydrogens is 249 g/mol. The van der Waals surface area contributed by atoms with E-state index >= 15 is 0 Å².